The van der Waals surface area contributed by atoms with Crippen molar-refractivity contribution in [1.82, 2.24) is 15.1 Å². The van der Waals surface area contributed by atoms with Gasteiger partial charge in [0.25, 0.3) is 0 Å². The summed E-state index contributed by atoms with van der Waals surface area (Å²) in [5, 5.41) is 7.24. The van der Waals surface area contributed by atoms with Crippen LogP contribution in [0.1, 0.15) is 5.56 Å². The van der Waals surface area contributed by atoms with E-state index in [2.05, 4.69) is 10.4 Å². The zero-order valence-corrected chi connectivity index (χ0v) is 9.37. The van der Waals surface area contributed by atoms with Crippen molar-refractivity contribution in [1.29, 1.82) is 0 Å². The Balaban J connectivity index is 2.42. The molecule has 84 valence electrons. The lowest BCUT2D eigenvalue weighted by atomic mass is 10.1. The van der Waals surface area contributed by atoms with Gasteiger partial charge in [-0.3, -0.25) is 4.68 Å². The number of rotatable bonds is 3. The highest BCUT2D eigenvalue weighted by atomic mass is 19.1. The second-order valence-corrected chi connectivity index (χ2v) is 3.72. The average Bonchev–Trinajstić information content (AvgIpc) is 2.68. The summed E-state index contributed by atoms with van der Waals surface area (Å²) in [4.78, 5) is 0. The molecule has 16 heavy (non-hydrogen) atoms. The van der Waals surface area contributed by atoms with E-state index in [0.717, 1.165) is 12.1 Å². The molecule has 0 bridgehead atoms. The molecule has 0 saturated carbocycles. The zero-order valence-electron chi connectivity index (χ0n) is 9.37. The molecule has 4 heteroatoms. The fourth-order valence-corrected chi connectivity index (χ4v) is 1.64. The van der Waals surface area contributed by atoms with Crippen LogP contribution in [-0.2, 0) is 13.6 Å². The van der Waals surface area contributed by atoms with Crippen LogP contribution in [0, 0.1) is 5.82 Å². The number of nitrogens with one attached hydrogen (secondary N) is 1. The van der Waals surface area contributed by atoms with Gasteiger partial charge in [0.2, 0.25) is 0 Å². The van der Waals surface area contributed by atoms with Crippen LogP contribution in [0.25, 0.3) is 11.3 Å². The van der Waals surface area contributed by atoms with Gasteiger partial charge in [0, 0.05) is 25.4 Å². The molecule has 3 nitrogen and oxygen atoms in total. The normalized spacial score (nSPS) is 10.7. The summed E-state index contributed by atoms with van der Waals surface area (Å²) in [6.07, 6.45) is 1.81. The minimum absolute atomic E-state index is 0.237. The Morgan fingerprint density at radius 1 is 1.38 bits per heavy atom. The molecule has 2 aromatic rings. The fourth-order valence-electron chi connectivity index (χ4n) is 1.64. The van der Waals surface area contributed by atoms with E-state index in [1.165, 1.54) is 6.07 Å². The molecule has 1 aromatic heterocycles. The van der Waals surface area contributed by atoms with Gasteiger partial charge in [0.15, 0.2) is 0 Å². The minimum atomic E-state index is -0.237. The molecule has 0 aliphatic heterocycles. The number of hydrogen-bond acceptors (Lipinski definition) is 2. The highest BCUT2D eigenvalue weighted by molar-refractivity contribution is 5.60. The number of nitrogens with zero attached hydrogens (tertiary/aromatic N) is 2. The van der Waals surface area contributed by atoms with E-state index >= 15 is 0 Å². The van der Waals surface area contributed by atoms with E-state index in [-0.39, 0.29) is 5.82 Å². The molecule has 1 heterocycles. The maximum atomic E-state index is 13.6. The molecule has 0 amide bonds. The van der Waals surface area contributed by atoms with Gasteiger partial charge in [-0.1, -0.05) is 6.07 Å². The van der Waals surface area contributed by atoms with Crippen molar-refractivity contribution < 1.29 is 4.39 Å². The van der Waals surface area contributed by atoms with Gasteiger partial charge in [0.1, 0.15) is 5.82 Å². The molecule has 0 atom stereocenters. The highest BCUT2D eigenvalue weighted by Gasteiger charge is 2.08. The molecule has 0 aliphatic carbocycles. The van der Waals surface area contributed by atoms with Gasteiger partial charge >= 0.3 is 0 Å². The van der Waals surface area contributed by atoms with Crippen LogP contribution in [0.5, 0.6) is 0 Å². The van der Waals surface area contributed by atoms with Crippen LogP contribution in [-0.4, -0.2) is 16.8 Å². The summed E-state index contributed by atoms with van der Waals surface area (Å²) in [6.45, 7) is 0.722. The molecule has 0 aliphatic rings. The number of aryl methyl sites for hydroxylation is 1. The van der Waals surface area contributed by atoms with Gasteiger partial charge in [-0.2, -0.15) is 5.10 Å². The van der Waals surface area contributed by atoms with Crippen molar-refractivity contribution in [2.75, 3.05) is 7.05 Å². The first kappa shape index (κ1) is 10.8. The van der Waals surface area contributed by atoms with Crippen LogP contribution in [0.4, 0.5) is 4.39 Å². The molecule has 0 spiro atoms. The van der Waals surface area contributed by atoms with E-state index < -0.39 is 0 Å². The zero-order chi connectivity index (χ0) is 11.5. The first-order valence-corrected chi connectivity index (χ1v) is 5.14. The van der Waals surface area contributed by atoms with E-state index in [0.29, 0.717) is 11.3 Å². The Morgan fingerprint density at radius 2 is 2.19 bits per heavy atom. The summed E-state index contributed by atoms with van der Waals surface area (Å²) in [5.74, 6) is -0.237. The Hall–Kier alpha value is -1.68. The summed E-state index contributed by atoms with van der Waals surface area (Å²) in [7, 11) is 3.68. The van der Waals surface area contributed by atoms with Crippen LogP contribution >= 0.6 is 0 Å². The molecular weight excluding hydrogens is 205 g/mol. The first-order chi connectivity index (χ1) is 7.70. The summed E-state index contributed by atoms with van der Waals surface area (Å²) in [5.41, 5.74) is 2.26. The largest absolute Gasteiger partial charge is 0.316 e. The van der Waals surface area contributed by atoms with Gasteiger partial charge < -0.3 is 5.32 Å². The fraction of sp³-hybridized carbons (Fsp3) is 0.250. The van der Waals surface area contributed by atoms with E-state index in [9.17, 15) is 4.39 Å². The van der Waals surface area contributed by atoms with Crippen LogP contribution in [0.15, 0.2) is 30.5 Å². The Labute approximate surface area is 93.9 Å². The molecule has 0 unspecified atom stereocenters. The monoisotopic (exact) mass is 219 g/mol. The molecule has 1 aromatic carbocycles. The summed E-state index contributed by atoms with van der Waals surface area (Å²) < 4.78 is 15.3. The predicted molar refractivity (Wildman–Crippen MR) is 61.4 cm³/mol. The van der Waals surface area contributed by atoms with Crippen LogP contribution in [0.3, 0.4) is 0 Å². The van der Waals surface area contributed by atoms with Crippen molar-refractivity contribution in [2.24, 2.45) is 7.05 Å². The lowest BCUT2D eigenvalue weighted by molar-refractivity contribution is 0.628. The van der Waals surface area contributed by atoms with Crippen molar-refractivity contribution in [3.05, 3.63) is 41.8 Å². The van der Waals surface area contributed by atoms with Crippen molar-refractivity contribution in [3.8, 4) is 11.3 Å². The molecular formula is C12H14FN3. The molecule has 1 N–H and O–H groups in total. The summed E-state index contributed by atoms with van der Waals surface area (Å²) in [6, 6.07) is 6.89. The SMILES string of the molecule is CNCc1ccc(F)c(-c2ccn(C)n2)c1. The van der Waals surface area contributed by atoms with E-state index in [1.54, 1.807) is 16.9 Å². The highest BCUT2D eigenvalue weighted by Crippen LogP contribution is 2.22. The third-order valence-electron chi connectivity index (χ3n) is 2.40. The van der Waals surface area contributed by atoms with E-state index in [1.807, 2.05) is 26.2 Å². The van der Waals surface area contributed by atoms with Crippen molar-refractivity contribution >= 4 is 0 Å². The van der Waals surface area contributed by atoms with Crippen molar-refractivity contribution in [3.63, 3.8) is 0 Å². The quantitative estimate of drug-likeness (QED) is 0.855. The third-order valence-corrected chi connectivity index (χ3v) is 2.40. The Bertz CT molecular complexity index is 491. The molecule has 2 rings (SSSR count). The third kappa shape index (κ3) is 2.12. The Morgan fingerprint density at radius 3 is 2.81 bits per heavy atom. The maximum absolute atomic E-state index is 13.6. The lowest BCUT2D eigenvalue weighted by Gasteiger charge is -2.04. The molecule has 0 fully saturated rings. The molecule has 0 saturated heterocycles. The first-order valence-electron chi connectivity index (χ1n) is 5.14. The second kappa shape index (κ2) is 4.45. The Kier molecular flexibility index (Phi) is 3.01. The van der Waals surface area contributed by atoms with Gasteiger partial charge in [0.05, 0.1) is 5.69 Å². The predicted octanol–water partition coefficient (Wildman–Crippen LogP) is 1.95. The van der Waals surface area contributed by atoms with Gasteiger partial charge in [-0.25, -0.2) is 4.39 Å². The lowest BCUT2D eigenvalue weighted by Crippen LogP contribution is -2.05. The van der Waals surface area contributed by atoms with Crippen LogP contribution in [0.2, 0.25) is 0 Å². The number of hydrogen-bond donors (Lipinski definition) is 1. The topological polar surface area (TPSA) is 29.9 Å². The van der Waals surface area contributed by atoms with E-state index in [4.69, 9.17) is 0 Å². The van der Waals surface area contributed by atoms with Crippen molar-refractivity contribution in [2.45, 2.75) is 6.54 Å². The summed E-state index contributed by atoms with van der Waals surface area (Å²) >= 11 is 0. The van der Waals surface area contributed by atoms with Crippen LogP contribution < -0.4 is 5.32 Å². The second-order valence-electron chi connectivity index (χ2n) is 3.72. The smallest absolute Gasteiger partial charge is 0.132 e. The minimum Gasteiger partial charge on any atom is -0.316 e. The maximum Gasteiger partial charge on any atom is 0.132 e. The van der Waals surface area contributed by atoms with Gasteiger partial charge in [-0.15, -0.1) is 0 Å². The number of aromatic nitrogens is 2. The average molecular weight is 219 g/mol. The molecule has 0 radical (unpaired) electrons. The number of benzene rings is 1. The standard InChI is InChI=1S/C12H14FN3/c1-14-8-9-3-4-11(13)10(7-9)12-5-6-16(2)15-12/h3-7,14H,8H2,1-2H3. The van der Waals surface area contributed by atoms with Gasteiger partial charge in [-0.05, 0) is 30.8 Å². The number of halogens is 1.